The van der Waals surface area contributed by atoms with Crippen LogP contribution >= 0.6 is 31.9 Å². The van der Waals surface area contributed by atoms with Gasteiger partial charge < -0.3 is 5.11 Å². The van der Waals surface area contributed by atoms with E-state index in [4.69, 9.17) is 0 Å². The van der Waals surface area contributed by atoms with Gasteiger partial charge in [-0.3, -0.25) is 0 Å². The first-order valence-electron chi connectivity index (χ1n) is 5.44. The molecule has 0 saturated heterocycles. The van der Waals surface area contributed by atoms with Crippen molar-refractivity contribution in [3.8, 4) is 0 Å². The third kappa shape index (κ3) is 3.40. The minimum atomic E-state index is -0.726. The van der Waals surface area contributed by atoms with E-state index >= 15 is 0 Å². The lowest BCUT2D eigenvalue weighted by atomic mass is 10.0. The maximum absolute atomic E-state index is 13.5. The molecule has 18 heavy (non-hydrogen) atoms. The first kappa shape index (κ1) is 13.7. The summed E-state index contributed by atoms with van der Waals surface area (Å²) in [5.41, 5.74) is 1.26. The monoisotopic (exact) mass is 372 g/mol. The van der Waals surface area contributed by atoms with Crippen LogP contribution in [-0.2, 0) is 6.42 Å². The lowest BCUT2D eigenvalue weighted by molar-refractivity contribution is 0.177. The molecule has 0 aliphatic carbocycles. The van der Waals surface area contributed by atoms with E-state index in [1.807, 2.05) is 18.2 Å². The van der Waals surface area contributed by atoms with Gasteiger partial charge in [0, 0.05) is 15.4 Å². The molecule has 0 spiro atoms. The Morgan fingerprint density at radius 2 is 1.67 bits per heavy atom. The number of aliphatic hydroxyl groups excluding tert-OH is 1. The molecule has 1 nitrogen and oxygen atoms in total. The second-order valence-electron chi connectivity index (χ2n) is 4.01. The second-order valence-corrected chi connectivity index (χ2v) is 5.85. The van der Waals surface area contributed by atoms with Crippen molar-refractivity contribution in [3.63, 3.8) is 0 Å². The van der Waals surface area contributed by atoms with Gasteiger partial charge in [0.25, 0.3) is 0 Å². The van der Waals surface area contributed by atoms with Crippen molar-refractivity contribution >= 4 is 31.9 Å². The fourth-order valence-electron chi connectivity index (χ4n) is 1.76. The molecule has 0 aromatic heterocycles. The Morgan fingerprint density at radius 3 is 2.28 bits per heavy atom. The van der Waals surface area contributed by atoms with Crippen molar-refractivity contribution in [1.29, 1.82) is 0 Å². The SMILES string of the molecule is OC(Cc1ccccc1F)c1cc(Br)cc(Br)c1. The highest BCUT2D eigenvalue weighted by Gasteiger charge is 2.12. The van der Waals surface area contributed by atoms with Gasteiger partial charge in [0.2, 0.25) is 0 Å². The molecule has 2 aromatic rings. The number of rotatable bonds is 3. The molecule has 1 unspecified atom stereocenters. The largest absolute Gasteiger partial charge is 0.388 e. The highest BCUT2D eigenvalue weighted by Crippen LogP contribution is 2.26. The normalized spacial score (nSPS) is 12.4. The van der Waals surface area contributed by atoms with E-state index in [-0.39, 0.29) is 12.2 Å². The first-order chi connectivity index (χ1) is 8.56. The van der Waals surface area contributed by atoms with Gasteiger partial charge in [-0.15, -0.1) is 0 Å². The van der Waals surface area contributed by atoms with Gasteiger partial charge in [0.1, 0.15) is 5.82 Å². The summed E-state index contributed by atoms with van der Waals surface area (Å²) in [6, 6.07) is 12.0. The lowest BCUT2D eigenvalue weighted by Gasteiger charge is -2.12. The van der Waals surface area contributed by atoms with Crippen LogP contribution in [0.1, 0.15) is 17.2 Å². The van der Waals surface area contributed by atoms with Crippen LogP contribution < -0.4 is 0 Å². The molecular weight excluding hydrogens is 363 g/mol. The zero-order chi connectivity index (χ0) is 13.1. The van der Waals surface area contributed by atoms with Gasteiger partial charge in [0.05, 0.1) is 6.10 Å². The van der Waals surface area contributed by atoms with Gasteiger partial charge in [-0.1, -0.05) is 50.1 Å². The van der Waals surface area contributed by atoms with E-state index in [0.29, 0.717) is 5.56 Å². The van der Waals surface area contributed by atoms with Crippen molar-refractivity contribution in [3.05, 3.63) is 68.4 Å². The van der Waals surface area contributed by atoms with Gasteiger partial charge in [-0.05, 0) is 35.4 Å². The molecule has 1 atom stereocenters. The molecule has 0 bridgehead atoms. The van der Waals surface area contributed by atoms with Crippen LogP contribution in [0.25, 0.3) is 0 Å². The molecule has 2 rings (SSSR count). The molecular formula is C14H11Br2FO. The van der Waals surface area contributed by atoms with E-state index in [0.717, 1.165) is 14.5 Å². The maximum atomic E-state index is 13.5. The number of hydrogen-bond acceptors (Lipinski definition) is 1. The van der Waals surface area contributed by atoms with E-state index in [1.54, 1.807) is 18.2 Å². The summed E-state index contributed by atoms with van der Waals surface area (Å²) >= 11 is 6.73. The van der Waals surface area contributed by atoms with Crippen LogP contribution in [0.4, 0.5) is 4.39 Å². The number of hydrogen-bond donors (Lipinski definition) is 1. The van der Waals surface area contributed by atoms with Crippen LogP contribution in [0.5, 0.6) is 0 Å². The first-order valence-corrected chi connectivity index (χ1v) is 7.02. The molecule has 1 N–H and O–H groups in total. The fraction of sp³-hybridized carbons (Fsp3) is 0.143. The van der Waals surface area contributed by atoms with Crippen molar-refractivity contribution in [2.45, 2.75) is 12.5 Å². The Balaban J connectivity index is 2.22. The van der Waals surface area contributed by atoms with Crippen molar-refractivity contribution in [2.75, 3.05) is 0 Å². The summed E-state index contributed by atoms with van der Waals surface area (Å²) in [4.78, 5) is 0. The number of aliphatic hydroxyl groups is 1. The number of halogens is 3. The van der Waals surface area contributed by atoms with Crippen LogP contribution in [-0.4, -0.2) is 5.11 Å². The maximum Gasteiger partial charge on any atom is 0.126 e. The van der Waals surface area contributed by atoms with E-state index in [2.05, 4.69) is 31.9 Å². The lowest BCUT2D eigenvalue weighted by Crippen LogP contribution is -2.03. The van der Waals surface area contributed by atoms with Crippen LogP contribution in [0.15, 0.2) is 51.4 Å². The molecule has 0 aliphatic heterocycles. The topological polar surface area (TPSA) is 20.2 Å². The van der Waals surface area contributed by atoms with Gasteiger partial charge in [-0.2, -0.15) is 0 Å². The summed E-state index contributed by atoms with van der Waals surface area (Å²) in [7, 11) is 0. The molecule has 0 heterocycles. The fourth-order valence-corrected chi connectivity index (χ4v) is 3.09. The molecule has 0 saturated carbocycles. The smallest absolute Gasteiger partial charge is 0.126 e. The highest BCUT2D eigenvalue weighted by molar-refractivity contribution is 9.11. The van der Waals surface area contributed by atoms with Gasteiger partial charge in [-0.25, -0.2) is 4.39 Å². The Bertz CT molecular complexity index is 537. The third-order valence-electron chi connectivity index (χ3n) is 2.64. The summed E-state index contributed by atoms with van der Waals surface area (Å²) in [5, 5.41) is 10.1. The van der Waals surface area contributed by atoms with Gasteiger partial charge in [0.15, 0.2) is 0 Å². The molecule has 0 fully saturated rings. The van der Waals surface area contributed by atoms with E-state index in [1.165, 1.54) is 6.07 Å². The summed E-state index contributed by atoms with van der Waals surface area (Å²) in [6.45, 7) is 0. The third-order valence-corrected chi connectivity index (χ3v) is 3.56. The van der Waals surface area contributed by atoms with Crippen molar-refractivity contribution < 1.29 is 9.50 Å². The Labute approximate surface area is 122 Å². The van der Waals surface area contributed by atoms with Crippen molar-refractivity contribution in [2.24, 2.45) is 0 Å². The Morgan fingerprint density at radius 1 is 1.06 bits per heavy atom. The average Bonchev–Trinajstić information content (AvgIpc) is 2.31. The molecule has 94 valence electrons. The minimum absolute atomic E-state index is 0.259. The zero-order valence-electron chi connectivity index (χ0n) is 9.41. The Kier molecular flexibility index (Phi) is 4.54. The minimum Gasteiger partial charge on any atom is -0.388 e. The van der Waals surface area contributed by atoms with Crippen LogP contribution in [0, 0.1) is 5.82 Å². The van der Waals surface area contributed by atoms with Crippen LogP contribution in [0.3, 0.4) is 0 Å². The van der Waals surface area contributed by atoms with Gasteiger partial charge >= 0.3 is 0 Å². The predicted molar refractivity (Wildman–Crippen MR) is 76.9 cm³/mol. The molecule has 0 radical (unpaired) electrons. The van der Waals surface area contributed by atoms with E-state index < -0.39 is 6.10 Å². The average molecular weight is 374 g/mol. The summed E-state index contributed by atoms with van der Waals surface area (Å²) in [6.07, 6.45) is -0.467. The van der Waals surface area contributed by atoms with Crippen molar-refractivity contribution in [1.82, 2.24) is 0 Å². The molecule has 2 aromatic carbocycles. The quantitative estimate of drug-likeness (QED) is 0.831. The highest BCUT2D eigenvalue weighted by atomic mass is 79.9. The second kappa shape index (κ2) is 5.95. The summed E-state index contributed by atoms with van der Waals surface area (Å²) < 4.78 is 15.2. The summed E-state index contributed by atoms with van der Waals surface area (Å²) in [5.74, 6) is -0.286. The molecule has 0 amide bonds. The molecule has 0 aliphatic rings. The predicted octanol–water partition coefficient (Wildman–Crippen LogP) is 4.63. The molecule has 4 heteroatoms. The number of benzene rings is 2. The standard InChI is InChI=1S/C14H11Br2FO/c15-11-5-10(6-12(16)8-11)14(18)7-9-3-1-2-4-13(9)17/h1-6,8,14,18H,7H2. The Hall–Kier alpha value is -0.710. The zero-order valence-corrected chi connectivity index (χ0v) is 12.6. The van der Waals surface area contributed by atoms with Crippen LogP contribution in [0.2, 0.25) is 0 Å². The van der Waals surface area contributed by atoms with E-state index in [9.17, 15) is 9.50 Å².